The van der Waals surface area contributed by atoms with E-state index in [1.54, 1.807) is 6.07 Å². The molecule has 0 atom stereocenters. The fourth-order valence-electron chi connectivity index (χ4n) is 6.22. The predicted octanol–water partition coefficient (Wildman–Crippen LogP) is 0.140. The molecule has 1 aliphatic heterocycles. The number of carbonyl (C=O) groups excluding carboxylic acids is 2. The van der Waals surface area contributed by atoms with Gasteiger partial charge < -0.3 is 5.32 Å². The normalized spacial score (nSPS) is 33.3. The van der Waals surface area contributed by atoms with Crippen LogP contribution < -0.4 is 25.2 Å². The smallest absolute Gasteiger partial charge is 0.376 e. The van der Waals surface area contributed by atoms with Gasteiger partial charge in [0.1, 0.15) is 19.8 Å². The van der Waals surface area contributed by atoms with Crippen molar-refractivity contribution in [3.05, 3.63) is 33.0 Å². The lowest BCUT2D eigenvalue weighted by atomic mass is 9.54. The second kappa shape index (κ2) is 5.93. The summed E-state index contributed by atoms with van der Waals surface area (Å²) in [7, 11) is 3.01. The first-order valence-corrected chi connectivity index (χ1v) is 9.98. The van der Waals surface area contributed by atoms with Crippen molar-refractivity contribution in [2.75, 3.05) is 19.4 Å². The Morgan fingerprint density at radius 2 is 1.43 bits per heavy atom. The van der Waals surface area contributed by atoms with E-state index in [0.29, 0.717) is 28.2 Å². The molecule has 0 saturated heterocycles. The first-order chi connectivity index (χ1) is 13.3. The maximum absolute atomic E-state index is 12.2. The Morgan fingerprint density at radius 3 is 1.93 bits per heavy atom. The van der Waals surface area contributed by atoms with Gasteiger partial charge in [-0.25, -0.2) is 9.59 Å². The molecule has 146 valence electrons. The molecule has 1 heterocycles. The van der Waals surface area contributed by atoms with Crippen LogP contribution in [0.15, 0.2) is 12.1 Å². The zero-order chi connectivity index (χ0) is 19.7. The molecule has 1 aromatic carbocycles. The van der Waals surface area contributed by atoms with Gasteiger partial charge in [0, 0.05) is 12.1 Å². The molecule has 1 N–H and O–H groups in total. The van der Waals surface area contributed by atoms with Crippen molar-refractivity contribution in [1.82, 2.24) is 9.15 Å². The molecule has 4 bridgehead atoms. The molecule has 6 rings (SSSR count). The van der Waals surface area contributed by atoms with Crippen LogP contribution >= 0.6 is 0 Å². The van der Waals surface area contributed by atoms with Crippen molar-refractivity contribution >= 4 is 23.2 Å². The van der Waals surface area contributed by atoms with Gasteiger partial charge >= 0.3 is 11.8 Å². The van der Waals surface area contributed by atoms with E-state index in [1.165, 1.54) is 61.4 Å². The molecule has 8 nitrogen and oxygen atoms in total. The highest BCUT2D eigenvalue weighted by molar-refractivity contribution is 6.36. The number of likely N-dealkylation sites (N-methyl/N-ethyl adjacent to an activating group) is 2. The number of amides is 2. The molecule has 4 aliphatic carbocycles. The third-order valence-electron chi connectivity index (χ3n) is 7.35. The second-order valence-corrected chi connectivity index (χ2v) is 8.94. The summed E-state index contributed by atoms with van der Waals surface area (Å²) in [4.78, 5) is 35.7. The molecule has 8 heteroatoms. The van der Waals surface area contributed by atoms with Crippen molar-refractivity contribution in [3.63, 3.8) is 0 Å². The summed E-state index contributed by atoms with van der Waals surface area (Å²) < 4.78 is 2.47. The number of hydrogen-bond acceptors (Lipinski definition) is 5. The Hall–Kier alpha value is -2.64. The van der Waals surface area contributed by atoms with E-state index >= 15 is 0 Å². The molecular weight excluding hydrogens is 360 g/mol. The molecule has 4 fully saturated rings. The van der Waals surface area contributed by atoms with Gasteiger partial charge in [0.25, 0.3) is 16.4 Å². The number of nitro groups is 1. The number of hydrogen-bond donors (Lipinski definition) is 1. The molecule has 28 heavy (non-hydrogen) atoms. The first-order valence-electron chi connectivity index (χ1n) is 9.98. The Bertz CT molecular complexity index is 1030. The lowest BCUT2D eigenvalue weighted by molar-refractivity contribution is -0.384. The topological polar surface area (TPSA) is 95.3 Å². The summed E-state index contributed by atoms with van der Waals surface area (Å²) in [5.41, 5.74) is 0.401. The summed E-state index contributed by atoms with van der Waals surface area (Å²) in [6.07, 6.45) is 6.18. The number of anilines is 1. The van der Waals surface area contributed by atoms with E-state index in [-0.39, 0.29) is 11.7 Å². The summed E-state index contributed by atoms with van der Waals surface area (Å²) in [5, 5.41) is 16.2. The van der Waals surface area contributed by atoms with E-state index in [0.717, 1.165) is 11.8 Å². The molecule has 0 radical (unpaired) electrons. The van der Waals surface area contributed by atoms with E-state index in [9.17, 15) is 19.7 Å². The van der Waals surface area contributed by atoms with E-state index in [1.807, 2.05) is 0 Å². The van der Waals surface area contributed by atoms with Crippen LogP contribution in [0.4, 0.5) is 11.4 Å². The van der Waals surface area contributed by atoms with Gasteiger partial charge in [0.05, 0.1) is 11.0 Å². The van der Waals surface area contributed by atoms with Crippen molar-refractivity contribution in [2.45, 2.75) is 38.1 Å². The van der Waals surface area contributed by atoms with Gasteiger partial charge in [-0.15, -0.1) is 9.15 Å². The maximum atomic E-state index is 12.2. The fourth-order valence-corrected chi connectivity index (χ4v) is 6.22. The lowest BCUT2D eigenvalue weighted by Gasteiger charge is -2.54. The highest BCUT2D eigenvalue weighted by Crippen LogP contribution is 2.54. The van der Waals surface area contributed by atoms with E-state index in [2.05, 4.69) is 5.32 Å². The largest absolute Gasteiger partial charge is 0.528 e. The molecule has 5 aliphatic rings. The molecule has 1 aromatic rings. The van der Waals surface area contributed by atoms with Gasteiger partial charge in [-0.05, 0) is 55.8 Å². The standard InChI is InChI=1S/C20H23N4O4/c1-22-16-8-14(15(24(27)28)9-17(16)23(2)20(26)19(22)25)21-18-12-4-10-3-11(6-12)7-13(18)5-10/h8-13,18H,3-7H2,1-2H3/q+1/p+1. The van der Waals surface area contributed by atoms with Crippen molar-refractivity contribution in [2.24, 2.45) is 23.7 Å². The fraction of sp³-hybridized carbons (Fsp3) is 0.600. The SMILES string of the molecule is C[N+]1=c2cc(NC3C4CC5CC(C4)CC3C5)c([N+](=O)[O-])cc2=[N+](C)C(=O)C1=O. The van der Waals surface area contributed by atoms with Crippen LogP contribution in [0.25, 0.3) is 0 Å². The second-order valence-electron chi connectivity index (χ2n) is 8.94. The average Bonchev–Trinajstić information content (AvgIpc) is 2.66. The molecule has 4 saturated carbocycles. The summed E-state index contributed by atoms with van der Waals surface area (Å²) in [5.74, 6) is 1.45. The number of nitrogens with zero attached hydrogens (tertiary/aromatic N) is 3. The summed E-state index contributed by atoms with van der Waals surface area (Å²) in [6.45, 7) is 0. The summed E-state index contributed by atoms with van der Waals surface area (Å²) >= 11 is 0. The van der Waals surface area contributed by atoms with Crippen molar-refractivity contribution in [3.8, 4) is 0 Å². The zero-order valence-electron chi connectivity index (χ0n) is 16.1. The number of fused-ring (bicyclic) bond motifs is 1. The summed E-state index contributed by atoms with van der Waals surface area (Å²) in [6, 6.07) is 3.32. The Labute approximate surface area is 161 Å². The Morgan fingerprint density at radius 1 is 0.929 bits per heavy atom. The van der Waals surface area contributed by atoms with Gasteiger partial charge in [-0.2, -0.15) is 0 Å². The quantitative estimate of drug-likeness (QED) is 0.346. The molecule has 0 aromatic heterocycles. The highest BCUT2D eigenvalue weighted by Gasteiger charge is 2.49. The van der Waals surface area contributed by atoms with Crippen molar-refractivity contribution in [1.29, 1.82) is 0 Å². The molecule has 0 unspecified atom stereocenters. The van der Waals surface area contributed by atoms with Gasteiger partial charge in [-0.1, -0.05) is 0 Å². The van der Waals surface area contributed by atoms with Crippen molar-refractivity contribution < 1.29 is 14.5 Å². The van der Waals surface area contributed by atoms with Crippen LogP contribution in [0, 0.1) is 33.8 Å². The number of nitrogens with one attached hydrogen (secondary N) is 1. The maximum Gasteiger partial charge on any atom is 0.528 e. The van der Waals surface area contributed by atoms with Crippen LogP contribution in [-0.2, 0) is 9.59 Å². The number of nitro benzene ring substituents is 1. The van der Waals surface area contributed by atoms with Crippen LogP contribution in [0.2, 0.25) is 0 Å². The average molecular weight is 384 g/mol. The zero-order valence-corrected chi connectivity index (χ0v) is 16.1. The minimum Gasteiger partial charge on any atom is -0.376 e. The monoisotopic (exact) mass is 384 g/mol. The first kappa shape index (κ1) is 17.5. The minimum atomic E-state index is -0.689. The third kappa shape index (κ3) is 2.43. The Kier molecular flexibility index (Phi) is 3.70. The Balaban J connectivity index is 1.62. The minimum absolute atomic E-state index is 0.0463. The molecule has 2 amide bonds. The van der Waals surface area contributed by atoms with Gasteiger partial charge in [0.15, 0.2) is 0 Å². The third-order valence-corrected chi connectivity index (χ3v) is 7.35. The van der Waals surface area contributed by atoms with Crippen LogP contribution in [0.5, 0.6) is 0 Å². The van der Waals surface area contributed by atoms with Crippen LogP contribution in [0.1, 0.15) is 32.1 Å². The van der Waals surface area contributed by atoms with Gasteiger partial charge in [-0.3, -0.25) is 10.1 Å². The van der Waals surface area contributed by atoms with Crippen LogP contribution in [-0.4, -0.2) is 36.9 Å². The van der Waals surface area contributed by atoms with E-state index < -0.39 is 16.7 Å². The number of rotatable bonds is 3. The van der Waals surface area contributed by atoms with Gasteiger partial charge in [0.2, 0.25) is 0 Å². The predicted molar refractivity (Wildman–Crippen MR) is 101 cm³/mol. The van der Waals surface area contributed by atoms with E-state index in [4.69, 9.17) is 0 Å². The highest BCUT2D eigenvalue weighted by atomic mass is 16.6. The number of benzene rings is 1. The number of carbonyl (C=O) groups is 2. The van der Waals surface area contributed by atoms with Crippen LogP contribution in [0.3, 0.4) is 0 Å². The molecule has 0 spiro atoms. The molecular formula is C20H24N4O4+2. The lowest BCUT2D eigenvalue weighted by Crippen LogP contribution is -2.58.